The van der Waals surface area contributed by atoms with Gasteiger partial charge in [0.05, 0.1) is 28.8 Å². The molecule has 0 unspecified atom stereocenters. The fraction of sp³-hybridized carbons (Fsp3) is 0.375. The van der Waals surface area contributed by atoms with Gasteiger partial charge in [-0.05, 0) is 56.2 Å². The van der Waals surface area contributed by atoms with Crippen LogP contribution in [0.3, 0.4) is 0 Å². The highest BCUT2D eigenvalue weighted by atomic mass is 32.2. The monoisotopic (exact) mass is 717 g/mol. The SMILES string of the molecule is CSC1=C2NC(=O)\C=C/C=C\C=C/[C@@H](C)[C@@H](O)CC(=O)/C(C)=C\C[C@@H](O)/C=C\[C@H](C)[C@H](O)[C@@H](C)/C=C(/C)C(=O)c3c(O)c(C)cc(c3C1=O)C2=O. The van der Waals surface area contributed by atoms with Gasteiger partial charge in [-0.15, -0.1) is 11.8 Å². The van der Waals surface area contributed by atoms with Gasteiger partial charge in [0.1, 0.15) is 11.4 Å². The zero-order chi connectivity index (χ0) is 38.2. The first-order valence-corrected chi connectivity index (χ1v) is 17.9. The number of aliphatic hydroxyl groups is 3. The number of carbonyl (C=O) groups excluding carboxylic acids is 5. The smallest absolute Gasteiger partial charge is 0.248 e. The Morgan fingerprint density at radius 3 is 2.10 bits per heavy atom. The zero-order valence-electron chi connectivity index (χ0n) is 30.0. The molecule has 0 aromatic heterocycles. The topological polar surface area (TPSA) is 178 Å². The summed E-state index contributed by atoms with van der Waals surface area (Å²) in [5.41, 5.74) is -0.271. The number of aromatic hydroxyl groups is 1. The van der Waals surface area contributed by atoms with Crippen LogP contribution < -0.4 is 5.32 Å². The first-order chi connectivity index (χ1) is 24.0. The number of aliphatic hydroxyl groups excluding tert-OH is 3. The fourth-order valence-corrected chi connectivity index (χ4v) is 6.34. The van der Waals surface area contributed by atoms with Crippen LogP contribution in [-0.4, -0.2) is 74.0 Å². The van der Waals surface area contributed by atoms with Crippen LogP contribution in [0.1, 0.15) is 84.1 Å². The summed E-state index contributed by atoms with van der Waals surface area (Å²) < 4.78 is 0. The molecule has 2 aliphatic heterocycles. The van der Waals surface area contributed by atoms with E-state index in [1.165, 1.54) is 44.2 Å². The summed E-state index contributed by atoms with van der Waals surface area (Å²) in [4.78, 5) is 67.0. The lowest BCUT2D eigenvalue weighted by molar-refractivity contribution is -0.118. The lowest BCUT2D eigenvalue weighted by Crippen LogP contribution is -2.33. The van der Waals surface area contributed by atoms with Crippen LogP contribution in [0.2, 0.25) is 0 Å². The molecule has 272 valence electrons. The third kappa shape index (κ3) is 10.1. The normalized spacial score (nSPS) is 31.0. The molecule has 6 atom stereocenters. The van der Waals surface area contributed by atoms with E-state index in [9.17, 15) is 44.4 Å². The Morgan fingerprint density at radius 2 is 1.43 bits per heavy atom. The Morgan fingerprint density at radius 1 is 0.765 bits per heavy atom. The Labute approximate surface area is 303 Å². The molecular formula is C40H47NO9S. The fourth-order valence-electron chi connectivity index (χ4n) is 5.71. The molecule has 0 radical (unpaired) electrons. The van der Waals surface area contributed by atoms with Crippen LogP contribution in [-0.2, 0) is 9.59 Å². The number of fused-ring (bicyclic) bond motifs is 18. The Kier molecular flexibility index (Phi) is 14.6. The second-order valence-corrected chi connectivity index (χ2v) is 13.9. The summed E-state index contributed by atoms with van der Waals surface area (Å²) in [5.74, 6) is -4.91. The van der Waals surface area contributed by atoms with Gasteiger partial charge in [-0.3, -0.25) is 24.0 Å². The van der Waals surface area contributed by atoms with E-state index in [1.807, 2.05) is 0 Å². The van der Waals surface area contributed by atoms with Crippen molar-refractivity contribution in [3.63, 3.8) is 0 Å². The average molecular weight is 718 g/mol. The van der Waals surface area contributed by atoms with Gasteiger partial charge in [0.2, 0.25) is 17.5 Å². The molecule has 4 bridgehead atoms. The number of allylic oxidation sites excluding steroid dienone is 8. The number of phenolic OH excluding ortho intramolecular Hbond substituents is 1. The van der Waals surface area contributed by atoms with Crippen molar-refractivity contribution in [2.45, 2.75) is 72.7 Å². The van der Waals surface area contributed by atoms with Crippen molar-refractivity contribution < 1.29 is 44.4 Å². The number of hydrogen-bond donors (Lipinski definition) is 5. The number of thioether (sulfide) groups is 1. The van der Waals surface area contributed by atoms with Gasteiger partial charge < -0.3 is 25.7 Å². The summed E-state index contributed by atoms with van der Waals surface area (Å²) in [6, 6.07) is 1.32. The van der Waals surface area contributed by atoms with Crippen molar-refractivity contribution in [2.24, 2.45) is 17.8 Å². The van der Waals surface area contributed by atoms with Crippen molar-refractivity contribution in [2.75, 3.05) is 6.26 Å². The molecular weight excluding hydrogens is 671 g/mol. The number of aryl methyl sites for hydroxylation is 1. The molecule has 2 heterocycles. The van der Waals surface area contributed by atoms with Crippen LogP contribution in [0.5, 0.6) is 5.75 Å². The van der Waals surface area contributed by atoms with E-state index in [0.29, 0.717) is 5.57 Å². The largest absolute Gasteiger partial charge is 0.507 e. The molecule has 0 saturated carbocycles. The van der Waals surface area contributed by atoms with E-state index >= 15 is 0 Å². The molecule has 5 N–H and O–H groups in total. The average Bonchev–Trinajstić information content (AvgIpc) is 3.09. The number of phenols is 1. The lowest BCUT2D eigenvalue weighted by Gasteiger charge is -2.24. The zero-order valence-corrected chi connectivity index (χ0v) is 30.8. The number of benzene rings is 1. The van der Waals surface area contributed by atoms with E-state index in [1.54, 1.807) is 70.4 Å². The summed E-state index contributed by atoms with van der Waals surface area (Å²) in [6.07, 6.45) is 14.1. The molecule has 4 rings (SSSR count). The molecule has 11 heteroatoms. The number of hydrogen-bond acceptors (Lipinski definition) is 10. The minimum absolute atomic E-state index is 0.0985. The Bertz CT molecular complexity index is 1790. The van der Waals surface area contributed by atoms with Gasteiger partial charge in [0.15, 0.2) is 11.6 Å². The molecule has 1 aliphatic carbocycles. The molecule has 0 fully saturated rings. The van der Waals surface area contributed by atoms with Gasteiger partial charge in [-0.1, -0.05) is 75.5 Å². The van der Waals surface area contributed by atoms with Gasteiger partial charge >= 0.3 is 0 Å². The molecule has 3 aliphatic rings. The van der Waals surface area contributed by atoms with E-state index in [-0.39, 0.29) is 63.0 Å². The molecule has 51 heavy (non-hydrogen) atoms. The first kappa shape index (κ1) is 41.0. The number of amides is 1. The highest BCUT2D eigenvalue weighted by Crippen LogP contribution is 2.39. The predicted molar refractivity (Wildman–Crippen MR) is 198 cm³/mol. The number of rotatable bonds is 1. The highest BCUT2D eigenvalue weighted by Gasteiger charge is 2.38. The van der Waals surface area contributed by atoms with Crippen LogP contribution in [0, 0.1) is 24.7 Å². The third-order valence-electron chi connectivity index (χ3n) is 8.99. The van der Waals surface area contributed by atoms with Crippen LogP contribution in [0.25, 0.3) is 0 Å². The van der Waals surface area contributed by atoms with Gasteiger partial charge in [0, 0.05) is 41.4 Å². The second kappa shape index (κ2) is 18.2. The van der Waals surface area contributed by atoms with Crippen LogP contribution >= 0.6 is 11.8 Å². The van der Waals surface area contributed by atoms with Gasteiger partial charge in [-0.2, -0.15) is 0 Å². The van der Waals surface area contributed by atoms with E-state index < -0.39 is 59.2 Å². The third-order valence-corrected chi connectivity index (χ3v) is 9.79. The minimum atomic E-state index is -0.992. The summed E-state index contributed by atoms with van der Waals surface area (Å²) in [6.45, 7) is 9.80. The molecule has 10 nitrogen and oxygen atoms in total. The first-order valence-electron chi connectivity index (χ1n) is 16.7. The molecule has 1 aromatic carbocycles. The predicted octanol–water partition coefficient (Wildman–Crippen LogP) is 5.42. The van der Waals surface area contributed by atoms with Crippen molar-refractivity contribution in [3.8, 4) is 5.75 Å². The van der Waals surface area contributed by atoms with Crippen molar-refractivity contribution in [1.82, 2.24) is 5.32 Å². The lowest BCUT2D eigenvalue weighted by atomic mass is 9.83. The molecule has 1 amide bonds. The molecule has 1 aromatic rings. The number of nitrogens with one attached hydrogen (secondary N) is 1. The summed E-state index contributed by atoms with van der Waals surface area (Å²) in [7, 11) is 0. The quantitative estimate of drug-likeness (QED) is 0.236. The maximum Gasteiger partial charge on any atom is 0.248 e. The molecule has 0 spiro atoms. The minimum Gasteiger partial charge on any atom is -0.507 e. The summed E-state index contributed by atoms with van der Waals surface area (Å²) >= 11 is 0.921. The Balaban J connectivity index is 2.08. The highest BCUT2D eigenvalue weighted by molar-refractivity contribution is 8.03. The van der Waals surface area contributed by atoms with Gasteiger partial charge in [0.25, 0.3) is 0 Å². The summed E-state index contributed by atoms with van der Waals surface area (Å²) in [5, 5.41) is 45.7. The van der Waals surface area contributed by atoms with Crippen molar-refractivity contribution in [1.29, 1.82) is 0 Å². The number of carbonyl (C=O) groups is 5. The van der Waals surface area contributed by atoms with Crippen molar-refractivity contribution >= 4 is 40.8 Å². The van der Waals surface area contributed by atoms with E-state index in [2.05, 4.69) is 5.32 Å². The Hall–Kier alpha value is -4.42. The van der Waals surface area contributed by atoms with Crippen LogP contribution in [0.15, 0.2) is 88.6 Å². The molecule has 0 saturated heterocycles. The van der Waals surface area contributed by atoms with Crippen LogP contribution in [0.4, 0.5) is 0 Å². The van der Waals surface area contributed by atoms with E-state index in [0.717, 1.165) is 11.8 Å². The van der Waals surface area contributed by atoms with Crippen molar-refractivity contribution in [3.05, 3.63) is 111 Å². The second-order valence-electron chi connectivity index (χ2n) is 13.0. The standard InChI is InChI=1S/C40H47NO9S/c1-21-12-10-8-9-11-13-31(45)41-34-38(49)28-19-26(6)37(48)33(32(28)39(50)40(34)51-7)36(47)25(5)18-24(4)35(46)23(3)15-17-27(42)16-14-22(2)30(44)20-29(21)43/h8-15,17-19,21,23-24,27,29,35,42-43,46,48H,16,20H2,1-7H3,(H,41,45)/b9-8-,12-10-,13-11-,17-15-,22-14-,25-18-/t21-,23+,24+,27-,29+,35+/m1/s1. The van der Waals surface area contributed by atoms with Gasteiger partial charge in [-0.25, -0.2) is 0 Å². The number of Topliss-reactive ketones (excluding diaryl/α,β-unsaturated/α-hetero) is 4. The maximum absolute atomic E-state index is 13.9. The number of ketones is 4. The van der Waals surface area contributed by atoms with E-state index in [4.69, 9.17) is 0 Å². The maximum atomic E-state index is 13.9.